The van der Waals surface area contributed by atoms with E-state index in [1.807, 2.05) is 6.07 Å². The van der Waals surface area contributed by atoms with Crippen LogP contribution in [0.3, 0.4) is 0 Å². The largest absolute Gasteiger partial charge is 0.490 e. The van der Waals surface area contributed by atoms with Gasteiger partial charge in [0.15, 0.2) is 0 Å². The third kappa shape index (κ3) is 5.53. The molecule has 4 rings (SSSR count). The number of hydrogen-bond donors (Lipinski definition) is 2. The van der Waals surface area contributed by atoms with Crippen molar-refractivity contribution in [2.24, 2.45) is 0 Å². The van der Waals surface area contributed by atoms with E-state index in [1.165, 1.54) is 7.11 Å². The molecule has 0 bridgehead atoms. The van der Waals surface area contributed by atoms with E-state index in [9.17, 15) is 14.4 Å². The second-order valence-electron chi connectivity index (χ2n) is 8.43. The van der Waals surface area contributed by atoms with Gasteiger partial charge in [0.05, 0.1) is 42.9 Å². The van der Waals surface area contributed by atoms with Crippen LogP contribution in [0.2, 0.25) is 0 Å². The Morgan fingerprint density at radius 1 is 1.17 bits per heavy atom. The van der Waals surface area contributed by atoms with Crippen molar-refractivity contribution in [2.75, 3.05) is 31.4 Å². The van der Waals surface area contributed by atoms with Gasteiger partial charge < -0.3 is 29.7 Å². The predicted molar refractivity (Wildman–Crippen MR) is 126 cm³/mol. The first kappa shape index (κ1) is 24.0. The van der Waals surface area contributed by atoms with Crippen molar-refractivity contribution in [1.82, 2.24) is 4.90 Å². The van der Waals surface area contributed by atoms with Gasteiger partial charge in [0, 0.05) is 18.4 Å². The zero-order valence-corrected chi connectivity index (χ0v) is 19.4. The maximum absolute atomic E-state index is 13.3. The molecular weight excluding hydrogens is 452 g/mol. The third-order valence-electron chi connectivity index (χ3n) is 6.14. The number of carbonyl (C=O) groups excluding carboxylic acids is 3. The number of ether oxygens (including phenoxy) is 3. The van der Waals surface area contributed by atoms with E-state index in [0.717, 1.165) is 0 Å². The van der Waals surface area contributed by atoms with Crippen LogP contribution >= 0.6 is 0 Å². The zero-order chi connectivity index (χ0) is 24.9. The van der Waals surface area contributed by atoms with Gasteiger partial charge in [-0.15, -0.1) is 0 Å². The number of hydrogen-bond acceptors (Lipinski definition) is 7. The van der Waals surface area contributed by atoms with Crippen LogP contribution in [0.15, 0.2) is 42.5 Å². The molecule has 10 heteroatoms. The fourth-order valence-electron chi connectivity index (χ4n) is 4.33. The Kier molecular flexibility index (Phi) is 7.17. The maximum Gasteiger partial charge on any atom is 0.323 e. The summed E-state index contributed by atoms with van der Waals surface area (Å²) in [4.78, 5) is 39.0. The monoisotopic (exact) mass is 478 g/mol. The van der Waals surface area contributed by atoms with Gasteiger partial charge in [0.2, 0.25) is 0 Å². The summed E-state index contributed by atoms with van der Waals surface area (Å²) in [6, 6.07) is 12.7. The number of anilines is 2. The van der Waals surface area contributed by atoms with Gasteiger partial charge in [0.25, 0.3) is 5.91 Å². The molecule has 2 aliphatic rings. The number of fused-ring (bicyclic) bond motifs is 2. The normalized spacial score (nSPS) is 21.2. The Hall–Kier alpha value is -4.10. The van der Waals surface area contributed by atoms with Gasteiger partial charge in [-0.3, -0.25) is 9.59 Å². The molecule has 0 unspecified atom stereocenters. The molecule has 0 aromatic heterocycles. The maximum atomic E-state index is 13.3. The highest BCUT2D eigenvalue weighted by Crippen LogP contribution is 2.32. The van der Waals surface area contributed by atoms with Crippen LogP contribution in [0.4, 0.5) is 16.2 Å². The van der Waals surface area contributed by atoms with Crippen molar-refractivity contribution < 1.29 is 28.6 Å². The standard InChI is InChI=1S/C25H26N4O6/c1-29-20-8-7-18(12-23(30)33-2)35-22(20)14-34-21-9-6-17(11-19(21)24(29)31)28-25(32)27-16-5-3-4-15(10-16)13-26/h3-6,9-11,18,20,22H,7-8,12,14H2,1-2H3,(H2,27,28,32)/t18-,20+,22-/m1/s1. The number of nitriles is 1. The molecule has 1 saturated heterocycles. The molecule has 2 aromatic rings. The lowest BCUT2D eigenvalue weighted by Crippen LogP contribution is -2.53. The smallest absolute Gasteiger partial charge is 0.323 e. The minimum atomic E-state index is -0.509. The second-order valence-corrected chi connectivity index (χ2v) is 8.43. The van der Waals surface area contributed by atoms with Crippen molar-refractivity contribution in [3.8, 4) is 11.8 Å². The lowest BCUT2D eigenvalue weighted by Gasteiger charge is -2.42. The van der Waals surface area contributed by atoms with Crippen LogP contribution in [0.5, 0.6) is 5.75 Å². The summed E-state index contributed by atoms with van der Waals surface area (Å²) in [5, 5.41) is 14.4. The van der Waals surface area contributed by atoms with Crippen LogP contribution in [-0.2, 0) is 14.3 Å². The van der Waals surface area contributed by atoms with Crippen molar-refractivity contribution in [2.45, 2.75) is 37.5 Å². The number of nitrogens with one attached hydrogen (secondary N) is 2. The fraction of sp³-hybridized carbons (Fsp3) is 0.360. The number of urea groups is 1. The fourth-order valence-corrected chi connectivity index (χ4v) is 4.33. The molecular formula is C25H26N4O6. The zero-order valence-electron chi connectivity index (χ0n) is 19.4. The third-order valence-corrected chi connectivity index (χ3v) is 6.14. The molecule has 2 aliphatic heterocycles. The van der Waals surface area contributed by atoms with E-state index < -0.39 is 6.03 Å². The van der Waals surface area contributed by atoms with E-state index in [-0.39, 0.29) is 43.2 Å². The number of rotatable bonds is 4. The van der Waals surface area contributed by atoms with Crippen molar-refractivity contribution in [3.05, 3.63) is 53.6 Å². The number of likely N-dealkylation sites (N-methyl/N-ethyl adjacent to an activating group) is 1. The van der Waals surface area contributed by atoms with Crippen molar-refractivity contribution in [1.29, 1.82) is 5.26 Å². The van der Waals surface area contributed by atoms with Gasteiger partial charge >= 0.3 is 12.0 Å². The summed E-state index contributed by atoms with van der Waals surface area (Å²) in [5.41, 5.74) is 1.64. The Bertz CT molecular complexity index is 1180. The van der Waals surface area contributed by atoms with Crippen molar-refractivity contribution in [3.63, 3.8) is 0 Å². The van der Waals surface area contributed by atoms with Gasteiger partial charge in [0.1, 0.15) is 18.5 Å². The lowest BCUT2D eigenvalue weighted by atomic mass is 9.94. The molecule has 3 atom stereocenters. The van der Waals surface area contributed by atoms with E-state index in [4.69, 9.17) is 19.5 Å². The molecule has 3 amide bonds. The molecule has 10 nitrogen and oxygen atoms in total. The highest BCUT2D eigenvalue weighted by molar-refractivity contribution is 6.02. The number of esters is 1. The quantitative estimate of drug-likeness (QED) is 0.646. The minimum Gasteiger partial charge on any atom is -0.490 e. The molecule has 2 aromatic carbocycles. The van der Waals surface area contributed by atoms with Gasteiger partial charge in [-0.05, 0) is 49.2 Å². The number of benzene rings is 2. The summed E-state index contributed by atoms with van der Waals surface area (Å²) >= 11 is 0. The Balaban J connectivity index is 1.47. The topological polar surface area (TPSA) is 130 Å². The van der Waals surface area contributed by atoms with E-state index in [0.29, 0.717) is 41.1 Å². The predicted octanol–water partition coefficient (Wildman–Crippen LogP) is 3.15. The van der Waals surface area contributed by atoms with Crippen LogP contribution < -0.4 is 15.4 Å². The first-order chi connectivity index (χ1) is 16.9. The molecule has 1 fully saturated rings. The summed E-state index contributed by atoms with van der Waals surface area (Å²) < 4.78 is 16.7. The molecule has 182 valence electrons. The summed E-state index contributed by atoms with van der Waals surface area (Å²) in [6.45, 7) is 0.218. The highest BCUT2D eigenvalue weighted by atomic mass is 16.5. The number of amides is 3. The van der Waals surface area contributed by atoms with E-state index in [2.05, 4.69) is 10.6 Å². The molecule has 0 saturated carbocycles. The number of nitrogens with zero attached hydrogens (tertiary/aromatic N) is 2. The summed E-state index contributed by atoms with van der Waals surface area (Å²) in [6.07, 6.45) is 0.776. The Labute approximate surface area is 202 Å². The SMILES string of the molecule is COC(=O)C[C@H]1CC[C@H]2[C@@H](COc3ccc(NC(=O)Nc4cccc(C#N)c4)cc3C(=O)N2C)O1. The van der Waals surface area contributed by atoms with Crippen LogP contribution in [0.25, 0.3) is 0 Å². The minimum absolute atomic E-state index is 0.159. The second kappa shape index (κ2) is 10.4. The number of methoxy groups -OCH3 is 1. The van der Waals surface area contributed by atoms with E-state index >= 15 is 0 Å². The first-order valence-electron chi connectivity index (χ1n) is 11.2. The van der Waals surface area contributed by atoms with E-state index in [1.54, 1.807) is 54.4 Å². The molecule has 0 spiro atoms. The van der Waals surface area contributed by atoms with Crippen LogP contribution in [0, 0.1) is 11.3 Å². The average Bonchev–Trinajstić information content (AvgIpc) is 2.86. The molecule has 35 heavy (non-hydrogen) atoms. The van der Waals surface area contributed by atoms with Gasteiger partial charge in [-0.2, -0.15) is 5.26 Å². The Morgan fingerprint density at radius 3 is 2.69 bits per heavy atom. The van der Waals surface area contributed by atoms with Crippen LogP contribution in [-0.4, -0.2) is 61.8 Å². The summed E-state index contributed by atoms with van der Waals surface area (Å²) in [7, 11) is 3.06. The van der Waals surface area contributed by atoms with Crippen LogP contribution in [0.1, 0.15) is 35.2 Å². The highest BCUT2D eigenvalue weighted by Gasteiger charge is 2.39. The summed E-state index contributed by atoms with van der Waals surface area (Å²) in [5.74, 6) is -0.209. The molecule has 0 radical (unpaired) electrons. The molecule has 0 aliphatic carbocycles. The van der Waals surface area contributed by atoms with Gasteiger partial charge in [-0.1, -0.05) is 6.07 Å². The lowest BCUT2D eigenvalue weighted by molar-refractivity contribution is -0.151. The number of carbonyl (C=O) groups is 3. The first-order valence-corrected chi connectivity index (χ1v) is 11.2. The average molecular weight is 479 g/mol. The molecule has 2 heterocycles. The molecule has 2 N–H and O–H groups in total. The van der Waals surface area contributed by atoms with Crippen molar-refractivity contribution >= 4 is 29.3 Å². The van der Waals surface area contributed by atoms with Gasteiger partial charge in [-0.25, -0.2) is 4.79 Å². The Morgan fingerprint density at radius 2 is 1.94 bits per heavy atom.